The van der Waals surface area contributed by atoms with E-state index < -0.39 is 8.07 Å². The van der Waals surface area contributed by atoms with Crippen molar-refractivity contribution in [2.75, 3.05) is 0 Å². The van der Waals surface area contributed by atoms with Crippen LogP contribution in [0.1, 0.15) is 46.0 Å². The molecular formula is C20H28Si. The first-order chi connectivity index (χ1) is 10.1. The van der Waals surface area contributed by atoms with E-state index in [2.05, 4.69) is 62.9 Å². The van der Waals surface area contributed by atoms with Crippen molar-refractivity contribution in [2.24, 2.45) is 0 Å². The molecule has 1 heteroatoms. The van der Waals surface area contributed by atoms with Gasteiger partial charge in [-0.15, -0.1) is 0 Å². The number of hydrogen-bond acceptors (Lipinski definition) is 0. The van der Waals surface area contributed by atoms with Crippen molar-refractivity contribution in [3.8, 4) is 0 Å². The Hall–Kier alpha value is -1.08. The van der Waals surface area contributed by atoms with Crippen molar-refractivity contribution >= 4 is 13.3 Å². The lowest BCUT2D eigenvalue weighted by molar-refractivity contribution is 0.491. The molecule has 0 aliphatic heterocycles. The zero-order valence-corrected chi connectivity index (χ0v) is 14.7. The minimum atomic E-state index is -1.54. The summed E-state index contributed by atoms with van der Waals surface area (Å²) in [6, 6.07) is 11.5. The Morgan fingerprint density at radius 1 is 0.952 bits per heavy atom. The highest BCUT2D eigenvalue weighted by atomic mass is 28.3. The van der Waals surface area contributed by atoms with Gasteiger partial charge in [0.15, 0.2) is 0 Å². The maximum Gasteiger partial charge on any atom is 0.0974 e. The normalized spacial score (nSPS) is 26.1. The van der Waals surface area contributed by atoms with E-state index in [-0.39, 0.29) is 0 Å². The molecule has 0 bridgehead atoms. The minimum absolute atomic E-state index is 0.711. The van der Waals surface area contributed by atoms with Crippen LogP contribution in [0.25, 0.3) is 0 Å². The summed E-state index contributed by atoms with van der Waals surface area (Å²) >= 11 is 0. The maximum absolute atomic E-state index is 2.66. The van der Waals surface area contributed by atoms with Gasteiger partial charge in [0.25, 0.3) is 0 Å². The summed E-state index contributed by atoms with van der Waals surface area (Å²) in [4.78, 5) is 0. The van der Waals surface area contributed by atoms with Gasteiger partial charge in [-0.05, 0) is 24.9 Å². The molecule has 1 saturated carbocycles. The van der Waals surface area contributed by atoms with Crippen LogP contribution in [0.2, 0.25) is 17.6 Å². The first-order valence-corrected chi connectivity index (χ1v) is 11.2. The molecule has 1 aromatic carbocycles. The molecule has 0 saturated heterocycles. The summed E-state index contributed by atoms with van der Waals surface area (Å²) in [5.74, 6) is 0. The van der Waals surface area contributed by atoms with Crippen LogP contribution in [0.15, 0.2) is 53.6 Å². The van der Waals surface area contributed by atoms with Crippen LogP contribution in [-0.4, -0.2) is 8.07 Å². The number of hydrogen-bond donors (Lipinski definition) is 0. The van der Waals surface area contributed by atoms with Crippen LogP contribution >= 0.6 is 0 Å². The van der Waals surface area contributed by atoms with Crippen LogP contribution in [0, 0.1) is 0 Å². The monoisotopic (exact) mass is 296 g/mol. The van der Waals surface area contributed by atoms with Gasteiger partial charge in [-0.3, -0.25) is 0 Å². The fourth-order valence-electron chi connectivity index (χ4n) is 4.71. The van der Waals surface area contributed by atoms with Crippen molar-refractivity contribution in [3.05, 3.63) is 53.6 Å². The molecule has 0 amide bonds. The molecule has 112 valence electrons. The molecule has 2 atom stereocenters. The van der Waals surface area contributed by atoms with Gasteiger partial charge in [0.05, 0.1) is 8.07 Å². The van der Waals surface area contributed by atoms with Crippen LogP contribution in [0.4, 0.5) is 0 Å². The second-order valence-electron chi connectivity index (χ2n) is 7.26. The lowest BCUT2D eigenvalue weighted by atomic mass is 10.0. The molecule has 2 aliphatic rings. The average molecular weight is 297 g/mol. The van der Waals surface area contributed by atoms with Gasteiger partial charge in [0, 0.05) is 0 Å². The SMILES string of the molecule is CC1=CC([Si](C)(c2ccccc2)C2CCCCC2)C(C)=C1. The molecule has 0 spiro atoms. The van der Waals surface area contributed by atoms with Crippen LogP contribution in [0.5, 0.6) is 0 Å². The van der Waals surface area contributed by atoms with Gasteiger partial charge in [-0.25, -0.2) is 0 Å². The number of rotatable bonds is 3. The smallest absolute Gasteiger partial charge is 0.0768 e. The highest BCUT2D eigenvalue weighted by molar-refractivity contribution is 6.94. The zero-order chi connectivity index (χ0) is 14.9. The standard InChI is InChI=1S/C20H28Si/c1-16-14-17(2)20(15-16)21(3,18-10-6-4-7-11-18)19-12-8-5-9-13-19/h4,6-7,10-11,14-15,19-20H,5,8-9,12-13H2,1-3H3. The molecule has 0 aromatic heterocycles. The summed E-state index contributed by atoms with van der Waals surface area (Å²) in [6.45, 7) is 7.29. The highest BCUT2D eigenvalue weighted by Crippen LogP contribution is 2.48. The van der Waals surface area contributed by atoms with Crippen molar-refractivity contribution < 1.29 is 0 Å². The van der Waals surface area contributed by atoms with E-state index >= 15 is 0 Å². The summed E-state index contributed by atoms with van der Waals surface area (Å²) in [5.41, 5.74) is 4.74. The van der Waals surface area contributed by atoms with E-state index in [1.165, 1.54) is 37.7 Å². The Morgan fingerprint density at radius 2 is 1.62 bits per heavy atom. The summed E-state index contributed by atoms with van der Waals surface area (Å²) in [5, 5.41) is 1.67. The van der Waals surface area contributed by atoms with Crippen molar-refractivity contribution in [1.82, 2.24) is 0 Å². The van der Waals surface area contributed by atoms with Crippen LogP contribution < -0.4 is 5.19 Å². The highest BCUT2D eigenvalue weighted by Gasteiger charge is 2.45. The zero-order valence-electron chi connectivity index (χ0n) is 13.7. The topological polar surface area (TPSA) is 0 Å². The first kappa shape index (κ1) is 14.8. The maximum atomic E-state index is 2.66. The first-order valence-electron chi connectivity index (χ1n) is 8.54. The molecule has 0 nitrogen and oxygen atoms in total. The van der Waals surface area contributed by atoms with Gasteiger partial charge >= 0.3 is 0 Å². The quantitative estimate of drug-likeness (QED) is 0.638. The summed E-state index contributed by atoms with van der Waals surface area (Å²) in [6.07, 6.45) is 12.2. The van der Waals surface area contributed by atoms with Crippen LogP contribution in [0.3, 0.4) is 0 Å². The largest absolute Gasteiger partial charge is 0.0974 e. The second-order valence-corrected chi connectivity index (χ2v) is 11.8. The molecule has 1 aromatic rings. The Labute approximate surface area is 131 Å². The molecule has 2 aliphatic carbocycles. The molecule has 21 heavy (non-hydrogen) atoms. The van der Waals surface area contributed by atoms with E-state index in [1.54, 1.807) is 10.8 Å². The van der Waals surface area contributed by atoms with Crippen molar-refractivity contribution in [2.45, 2.75) is 63.6 Å². The third-order valence-electron chi connectivity index (χ3n) is 5.87. The van der Waals surface area contributed by atoms with E-state index in [9.17, 15) is 0 Å². The van der Waals surface area contributed by atoms with E-state index in [0.29, 0.717) is 5.54 Å². The minimum Gasteiger partial charge on any atom is -0.0768 e. The third kappa shape index (κ3) is 2.68. The molecule has 2 unspecified atom stereocenters. The van der Waals surface area contributed by atoms with Crippen molar-refractivity contribution in [3.63, 3.8) is 0 Å². The molecule has 0 radical (unpaired) electrons. The Bertz CT molecular complexity index is 548. The van der Waals surface area contributed by atoms with E-state index in [1.807, 2.05) is 0 Å². The van der Waals surface area contributed by atoms with Gasteiger partial charge in [-0.2, -0.15) is 0 Å². The Balaban J connectivity index is 2.04. The van der Waals surface area contributed by atoms with E-state index in [4.69, 9.17) is 0 Å². The number of allylic oxidation sites excluding steroid dienone is 4. The molecule has 0 heterocycles. The third-order valence-corrected chi connectivity index (χ3v) is 11.6. The Kier molecular flexibility index (Phi) is 4.21. The molecular weight excluding hydrogens is 268 g/mol. The van der Waals surface area contributed by atoms with E-state index in [0.717, 1.165) is 5.54 Å². The van der Waals surface area contributed by atoms with Crippen molar-refractivity contribution in [1.29, 1.82) is 0 Å². The number of benzene rings is 1. The fraction of sp³-hybridized carbons (Fsp3) is 0.500. The summed E-state index contributed by atoms with van der Waals surface area (Å²) in [7, 11) is -1.54. The lowest BCUT2D eigenvalue weighted by Gasteiger charge is -2.43. The average Bonchev–Trinajstić information content (AvgIpc) is 2.87. The predicted molar refractivity (Wildman–Crippen MR) is 95.8 cm³/mol. The molecule has 3 rings (SSSR count). The van der Waals surface area contributed by atoms with Crippen LogP contribution in [-0.2, 0) is 0 Å². The Morgan fingerprint density at radius 3 is 2.19 bits per heavy atom. The van der Waals surface area contributed by atoms with Gasteiger partial charge < -0.3 is 0 Å². The fourth-order valence-corrected chi connectivity index (χ4v) is 10.2. The second kappa shape index (κ2) is 5.96. The van der Waals surface area contributed by atoms with Gasteiger partial charge in [-0.1, -0.05) is 97.5 Å². The van der Waals surface area contributed by atoms with Gasteiger partial charge in [0.1, 0.15) is 0 Å². The lowest BCUT2D eigenvalue weighted by Crippen LogP contribution is -2.53. The predicted octanol–water partition coefficient (Wildman–Crippen LogP) is 5.58. The summed E-state index contributed by atoms with van der Waals surface area (Å²) < 4.78 is 0. The van der Waals surface area contributed by atoms with Gasteiger partial charge in [0.2, 0.25) is 0 Å². The molecule has 1 fully saturated rings. The molecule has 0 N–H and O–H groups in total.